The molecule has 0 aromatic heterocycles. The van der Waals surface area contributed by atoms with E-state index in [1.54, 1.807) is 34.0 Å². The first kappa shape index (κ1) is 54.2. The molecule has 2 saturated heterocycles. The standard InChI is InChI=1S/C51H79NO13/c1-30-15-11-10-12-16-31(2)43(62-8)27-39-20-18-36(7)51(61,65-39)48(58)49(59)52-22-14-13-17-40(52)50(60)64-44(33(4)25-37-19-21-41(54)38(26-37)29-53)28-42(55)32(3)24-35(6)46(57)47(63-9)45(56)34(5)23-30/h10-12,15-16,24,30,32-34,36-41,43-44,46-47,53-54,57,61H,13-14,17-23,25-29H2,1-9H3/b12-10?,15-11+,31-16?,35-24+/t30-,32-,33-,34-,36-,37?,38+,39+,40?,41-,43+,44+,46-,47+,51-/m1/s1. The zero-order valence-electron chi connectivity index (χ0n) is 40.4. The lowest BCUT2D eigenvalue weighted by Gasteiger charge is -2.42. The molecule has 3 aliphatic heterocycles. The molecule has 15 atom stereocenters. The molecular formula is C51H79NO13. The molecule has 3 heterocycles. The van der Waals surface area contributed by atoms with E-state index in [9.17, 15) is 44.4 Å². The van der Waals surface area contributed by atoms with Gasteiger partial charge in [0, 0.05) is 63.9 Å². The van der Waals surface area contributed by atoms with E-state index in [4.69, 9.17) is 18.9 Å². The fourth-order valence-electron chi connectivity index (χ4n) is 10.2. The third kappa shape index (κ3) is 14.3. The second kappa shape index (κ2) is 25.1. The van der Waals surface area contributed by atoms with Crippen molar-refractivity contribution < 1.29 is 63.3 Å². The lowest BCUT2D eigenvalue weighted by molar-refractivity contribution is -0.265. The zero-order chi connectivity index (χ0) is 48.2. The number of nitrogens with zero attached hydrogens (tertiary/aromatic N) is 1. The van der Waals surface area contributed by atoms with Gasteiger partial charge in [0.25, 0.3) is 11.7 Å². The van der Waals surface area contributed by atoms with Gasteiger partial charge in [-0.1, -0.05) is 71.1 Å². The van der Waals surface area contributed by atoms with Crippen molar-refractivity contribution in [3.63, 3.8) is 0 Å². The maximum Gasteiger partial charge on any atom is 0.329 e. The highest BCUT2D eigenvalue weighted by Gasteiger charge is 2.53. The van der Waals surface area contributed by atoms with Crippen LogP contribution in [0.2, 0.25) is 0 Å². The van der Waals surface area contributed by atoms with Crippen LogP contribution in [0, 0.1) is 41.4 Å². The molecule has 3 fully saturated rings. The van der Waals surface area contributed by atoms with Crippen LogP contribution >= 0.6 is 0 Å². The van der Waals surface area contributed by atoms with E-state index in [2.05, 4.69) is 0 Å². The molecule has 1 saturated carbocycles. The van der Waals surface area contributed by atoms with Gasteiger partial charge in [0.1, 0.15) is 30.1 Å². The molecule has 1 aliphatic carbocycles. The van der Waals surface area contributed by atoms with Gasteiger partial charge >= 0.3 is 5.97 Å². The van der Waals surface area contributed by atoms with Gasteiger partial charge in [-0.15, -0.1) is 0 Å². The predicted octanol–water partition coefficient (Wildman–Crippen LogP) is 5.77. The number of carbonyl (C=O) groups excluding carboxylic acids is 5. The zero-order valence-corrected chi connectivity index (χ0v) is 40.4. The van der Waals surface area contributed by atoms with Gasteiger partial charge in [-0.2, -0.15) is 0 Å². The van der Waals surface area contributed by atoms with Crippen molar-refractivity contribution >= 4 is 29.2 Å². The number of allylic oxidation sites excluding steroid dienone is 6. The van der Waals surface area contributed by atoms with E-state index < -0.39 is 83.9 Å². The summed E-state index contributed by atoms with van der Waals surface area (Å²) >= 11 is 0. The highest BCUT2D eigenvalue weighted by atomic mass is 16.6. The van der Waals surface area contributed by atoms with Crippen LogP contribution < -0.4 is 0 Å². The molecule has 0 radical (unpaired) electrons. The summed E-state index contributed by atoms with van der Waals surface area (Å²) in [5.41, 5.74) is 1.25. The number of hydrogen-bond donors (Lipinski definition) is 4. The molecule has 0 aromatic rings. The normalized spacial score (nSPS) is 39.1. The quantitative estimate of drug-likeness (QED) is 0.142. The Kier molecular flexibility index (Phi) is 21.0. The summed E-state index contributed by atoms with van der Waals surface area (Å²) in [5.74, 6) is -8.40. The smallest absolute Gasteiger partial charge is 0.329 e. The second-order valence-corrected chi connectivity index (χ2v) is 19.8. The highest BCUT2D eigenvalue weighted by Crippen LogP contribution is 2.38. The van der Waals surface area contributed by atoms with Gasteiger partial charge in [0.15, 0.2) is 5.78 Å². The molecule has 4 aliphatic rings. The highest BCUT2D eigenvalue weighted by molar-refractivity contribution is 6.39. The number of fused-ring (bicyclic) bond motifs is 3. The first-order valence-electron chi connectivity index (χ1n) is 24.0. The Balaban J connectivity index is 1.70. The first-order valence-corrected chi connectivity index (χ1v) is 24.0. The molecule has 366 valence electrons. The number of methoxy groups -OCH3 is 2. The fourth-order valence-corrected chi connectivity index (χ4v) is 10.2. The lowest BCUT2D eigenvalue weighted by Crippen LogP contribution is -2.61. The Morgan fingerprint density at radius 2 is 1.60 bits per heavy atom. The van der Waals surface area contributed by atoms with Crippen molar-refractivity contribution in [2.75, 3.05) is 27.4 Å². The predicted molar refractivity (Wildman–Crippen MR) is 245 cm³/mol. The summed E-state index contributed by atoms with van der Waals surface area (Å²) < 4.78 is 23.8. The third-order valence-electron chi connectivity index (χ3n) is 14.6. The number of cyclic esters (lactones) is 1. The maximum absolute atomic E-state index is 14.3. The SMILES string of the molecule is CO[C@H]1C[C@@H]2CC[C@@H](C)[C@@](O)(O2)C(=O)C(=O)N2CCCCC2C(=O)O[C@H]([C@H](C)CC2CC[C@@H](O)[C@H](CO)C2)CC(=O)[C@H](C)/C=C(\C)[C@@H](O)[C@@H](OC)C(=O)[C@H](C)C[C@H](C)/C=C/C=CC=C1C. The number of aliphatic hydroxyl groups is 4. The molecular weight excluding hydrogens is 835 g/mol. The van der Waals surface area contributed by atoms with Crippen molar-refractivity contribution in [1.29, 1.82) is 0 Å². The lowest BCUT2D eigenvalue weighted by atomic mass is 9.75. The Bertz CT molecular complexity index is 1760. The second-order valence-electron chi connectivity index (χ2n) is 19.8. The molecule has 0 spiro atoms. The molecule has 0 aromatic carbocycles. The van der Waals surface area contributed by atoms with Crippen molar-refractivity contribution in [1.82, 2.24) is 4.90 Å². The summed E-state index contributed by atoms with van der Waals surface area (Å²) in [7, 11) is 2.94. The van der Waals surface area contributed by atoms with Crippen LogP contribution in [0.15, 0.2) is 47.6 Å². The number of ketones is 3. The third-order valence-corrected chi connectivity index (χ3v) is 14.6. The minimum atomic E-state index is -2.44. The van der Waals surface area contributed by atoms with Crippen LogP contribution in [0.5, 0.6) is 0 Å². The van der Waals surface area contributed by atoms with Crippen LogP contribution in [0.3, 0.4) is 0 Å². The number of esters is 1. The van der Waals surface area contributed by atoms with E-state index in [1.165, 1.54) is 12.0 Å². The van der Waals surface area contributed by atoms with Crippen LogP contribution in [-0.4, -0.2) is 130 Å². The number of Topliss-reactive ketones (excluding diaryl/α,β-unsaturated/α-hetero) is 3. The van der Waals surface area contributed by atoms with Crippen molar-refractivity contribution in [3.8, 4) is 0 Å². The number of hydrogen-bond acceptors (Lipinski definition) is 13. The number of ether oxygens (including phenoxy) is 4. The Morgan fingerprint density at radius 3 is 2.28 bits per heavy atom. The minimum absolute atomic E-state index is 0.0144. The van der Waals surface area contributed by atoms with Crippen molar-refractivity contribution in [2.45, 2.75) is 174 Å². The number of amides is 1. The topological polar surface area (TPSA) is 206 Å². The minimum Gasteiger partial charge on any atom is -0.460 e. The number of aliphatic hydroxyl groups excluding tert-OH is 3. The average Bonchev–Trinajstić information content (AvgIpc) is 3.28. The van der Waals surface area contributed by atoms with Gasteiger partial charge in [-0.05, 0) is 107 Å². The summed E-state index contributed by atoms with van der Waals surface area (Å²) in [5, 5.41) is 43.7. The van der Waals surface area contributed by atoms with E-state index in [-0.39, 0.29) is 61.2 Å². The van der Waals surface area contributed by atoms with Crippen LogP contribution in [0.1, 0.15) is 126 Å². The molecule has 4 rings (SSSR count). The summed E-state index contributed by atoms with van der Waals surface area (Å²) in [6.45, 7) is 12.5. The van der Waals surface area contributed by atoms with Crippen LogP contribution in [0.4, 0.5) is 0 Å². The molecule has 65 heavy (non-hydrogen) atoms. The average molecular weight is 914 g/mol. The van der Waals surface area contributed by atoms with E-state index >= 15 is 0 Å². The maximum atomic E-state index is 14.3. The Hall–Kier alpha value is -3.37. The summed E-state index contributed by atoms with van der Waals surface area (Å²) in [4.78, 5) is 71.7. The van der Waals surface area contributed by atoms with Crippen LogP contribution in [0.25, 0.3) is 0 Å². The van der Waals surface area contributed by atoms with E-state index in [0.717, 1.165) is 5.57 Å². The molecule has 2 bridgehead atoms. The molecule has 4 N–H and O–H groups in total. The monoisotopic (exact) mass is 914 g/mol. The molecule has 14 nitrogen and oxygen atoms in total. The van der Waals surface area contributed by atoms with Gasteiger partial charge in [-0.3, -0.25) is 19.2 Å². The van der Waals surface area contributed by atoms with Crippen molar-refractivity contribution in [3.05, 3.63) is 47.6 Å². The Morgan fingerprint density at radius 1 is 0.877 bits per heavy atom. The largest absolute Gasteiger partial charge is 0.460 e. The molecule has 14 heteroatoms. The molecule has 2 unspecified atom stereocenters. The number of carbonyl (C=O) groups is 5. The van der Waals surface area contributed by atoms with Crippen LogP contribution in [-0.2, 0) is 42.9 Å². The number of piperidine rings is 1. The Labute approximate surface area is 386 Å². The van der Waals surface area contributed by atoms with Gasteiger partial charge in [0.2, 0.25) is 5.79 Å². The first-order chi connectivity index (χ1) is 30.7. The van der Waals surface area contributed by atoms with Gasteiger partial charge in [-0.25, -0.2) is 4.79 Å². The van der Waals surface area contributed by atoms with Crippen molar-refractivity contribution in [2.24, 2.45) is 41.4 Å². The molecule has 1 amide bonds. The number of rotatable bonds is 6. The summed E-state index contributed by atoms with van der Waals surface area (Å²) in [6, 6.07) is -1.15. The van der Waals surface area contributed by atoms with E-state index in [1.807, 2.05) is 58.1 Å². The van der Waals surface area contributed by atoms with E-state index in [0.29, 0.717) is 69.8 Å². The van der Waals surface area contributed by atoms with Gasteiger partial charge < -0.3 is 44.3 Å². The fraction of sp³-hybridized carbons (Fsp3) is 0.745. The summed E-state index contributed by atoms with van der Waals surface area (Å²) in [6.07, 6.45) is 11.2. The van der Waals surface area contributed by atoms with Gasteiger partial charge in [0.05, 0.1) is 18.3 Å².